The van der Waals surface area contributed by atoms with Crippen molar-refractivity contribution < 1.29 is 52.2 Å². The van der Waals surface area contributed by atoms with Gasteiger partial charge in [-0.25, -0.2) is 9.59 Å². The molecule has 0 aromatic carbocycles. The summed E-state index contributed by atoms with van der Waals surface area (Å²) < 4.78 is 50.9. The maximum absolute atomic E-state index is 12.5. The first-order chi connectivity index (χ1) is 14.1. The third-order valence-electron chi connectivity index (χ3n) is 5.36. The Hall–Kier alpha value is -1.34. The standard InChI is InChI=1S/C19H28O11/c1-17(2)29-13-11-9-25-18(3,27-11)15(20)23-7-5-22-6-8-24-16(21)19(4)26-10-12(28-19)14(13)30-17/h11-14H,5-10H2,1-4H3. The van der Waals surface area contributed by atoms with E-state index < -0.39 is 53.7 Å². The third kappa shape index (κ3) is 4.20. The minimum Gasteiger partial charge on any atom is -0.459 e. The number of ether oxygens (including phenoxy) is 9. The predicted molar refractivity (Wildman–Crippen MR) is 95.0 cm³/mol. The fourth-order valence-electron chi connectivity index (χ4n) is 3.88. The maximum atomic E-state index is 12.5. The van der Waals surface area contributed by atoms with Crippen LogP contribution >= 0.6 is 0 Å². The zero-order valence-electron chi connectivity index (χ0n) is 17.5. The molecule has 0 aliphatic carbocycles. The van der Waals surface area contributed by atoms with Crippen molar-refractivity contribution >= 4 is 11.9 Å². The van der Waals surface area contributed by atoms with Gasteiger partial charge in [0.25, 0.3) is 11.6 Å². The molecule has 11 nitrogen and oxygen atoms in total. The first-order valence-electron chi connectivity index (χ1n) is 10.0. The second-order valence-electron chi connectivity index (χ2n) is 8.27. The Bertz CT molecular complexity index is 627. The average molecular weight is 432 g/mol. The number of hydrogen-bond donors (Lipinski definition) is 0. The first-order valence-corrected chi connectivity index (χ1v) is 10.0. The minimum absolute atomic E-state index is 0.00443. The van der Waals surface area contributed by atoms with E-state index in [-0.39, 0.29) is 39.6 Å². The van der Waals surface area contributed by atoms with Gasteiger partial charge in [-0.2, -0.15) is 0 Å². The highest BCUT2D eigenvalue weighted by molar-refractivity contribution is 5.78. The van der Waals surface area contributed by atoms with Crippen molar-refractivity contribution in [2.24, 2.45) is 0 Å². The lowest BCUT2D eigenvalue weighted by Gasteiger charge is -2.27. The molecule has 0 saturated carbocycles. The zero-order chi connectivity index (χ0) is 21.6. The van der Waals surface area contributed by atoms with E-state index in [4.69, 9.17) is 42.6 Å². The van der Waals surface area contributed by atoms with Gasteiger partial charge in [0, 0.05) is 13.8 Å². The van der Waals surface area contributed by atoms with Crippen LogP contribution in [0.2, 0.25) is 0 Å². The van der Waals surface area contributed by atoms with Crippen LogP contribution in [0.4, 0.5) is 0 Å². The van der Waals surface area contributed by atoms with E-state index in [1.54, 1.807) is 13.8 Å². The lowest BCUT2D eigenvalue weighted by molar-refractivity contribution is -0.213. The summed E-state index contributed by atoms with van der Waals surface area (Å²) >= 11 is 0. The van der Waals surface area contributed by atoms with Crippen LogP contribution in [0, 0.1) is 0 Å². The van der Waals surface area contributed by atoms with Gasteiger partial charge in [0.05, 0.1) is 26.4 Å². The van der Waals surface area contributed by atoms with Crippen LogP contribution in [0.25, 0.3) is 0 Å². The molecule has 4 fully saturated rings. The van der Waals surface area contributed by atoms with Crippen LogP contribution in [-0.4, -0.2) is 93.4 Å². The van der Waals surface area contributed by atoms with E-state index in [0.29, 0.717) is 0 Å². The lowest BCUT2D eigenvalue weighted by Crippen LogP contribution is -2.47. The molecule has 0 spiro atoms. The molecule has 170 valence electrons. The highest BCUT2D eigenvalue weighted by atomic mass is 16.8. The molecule has 6 unspecified atom stereocenters. The number of fused-ring (bicyclic) bond motifs is 7. The maximum Gasteiger partial charge on any atom is 0.366 e. The normalized spacial score (nSPS) is 44.8. The van der Waals surface area contributed by atoms with Crippen molar-refractivity contribution in [3.8, 4) is 0 Å². The molecule has 0 radical (unpaired) electrons. The van der Waals surface area contributed by atoms with Crippen molar-refractivity contribution in [3.05, 3.63) is 0 Å². The second kappa shape index (κ2) is 7.97. The summed E-state index contributed by atoms with van der Waals surface area (Å²) in [4.78, 5) is 24.9. The summed E-state index contributed by atoms with van der Waals surface area (Å²) in [5.74, 6) is -5.39. The van der Waals surface area contributed by atoms with E-state index in [9.17, 15) is 9.59 Å². The monoisotopic (exact) mass is 432 g/mol. The Morgan fingerprint density at radius 3 is 1.53 bits per heavy atom. The number of rotatable bonds is 0. The van der Waals surface area contributed by atoms with Gasteiger partial charge in [-0.1, -0.05) is 0 Å². The van der Waals surface area contributed by atoms with Gasteiger partial charge < -0.3 is 42.6 Å². The lowest BCUT2D eigenvalue weighted by atomic mass is 10.0. The Morgan fingerprint density at radius 1 is 0.667 bits per heavy atom. The summed E-state index contributed by atoms with van der Waals surface area (Å²) in [5.41, 5.74) is 0. The van der Waals surface area contributed by atoms with Crippen LogP contribution in [0.1, 0.15) is 27.7 Å². The molecule has 4 aliphatic heterocycles. The highest BCUT2D eigenvalue weighted by Gasteiger charge is 2.58. The van der Waals surface area contributed by atoms with E-state index in [1.807, 2.05) is 0 Å². The summed E-state index contributed by atoms with van der Waals surface area (Å²) in [7, 11) is 0. The van der Waals surface area contributed by atoms with Gasteiger partial charge in [-0.15, -0.1) is 0 Å². The predicted octanol–water partition coefficient (Wildman–Crippen LogP) is -0.114. The summed E-state index contributed by atoms with van der Waals surface area (Å²) in [6.07, 6.45) is -2.49. The van der Waals surface area contributed by atoms with Gasteiger partial charge in [-0.3, -0.25) is 0 Å². The van der Waals surface area contributed by atoms with Crippen LogP contribution in [0.15, 0.2) is 0 Å². The zero-order valence-corrected chi connectivity index (χ0v) is 17.5. The number of esters is 2. The first kappa shape index (κ1) is 21.9. The third-order valence-corrected chi connectivity index (χ3v) is 5.36. The smallest absolute Gasteiger partial charge is 0.366 e. The quantitative estimate of drug-likeness (QED) is 0.477. The summed E-state index contributed by atoms with van der Waals surface area (Å²) in [6, 6.07) is 0. The average Bonchev–Trinajstić information content (AvgIpc) is 3.36. The molecule has 4 rings (SSSR count). The van der Waals surface area contributed by atoms with Gasteiger partial charge in [0.1, 0.15) is 37.6 Å². The molecule has 4 aliphatic rings. The van der Waals surface area contributed by atoms with Gasteiger partial charge in [0.2, 0.25) is 0 Å². The van der Waals surface area contributed by atoms with Crippen molar-refractivity contribution in [1.29, 1.82) is 0 Å². The second-order valence-corrected chi connectivity index (χ2v) is 8.27. The van der Waals surface area contributed by atoms with Crippen LogP contribution in [0.5, 0.6) is 0 Å². The van der Waals surface area contributed by atoms with Crippen molar-refractivity contribution in [1.82, 2.24) is 0 Å². The molecule has 30 heavy (non-hydrogen) atoms. The van der Waals surface area contributed by atoms with E-state index >= 15 is 0 Å². The minimum atomic E-state index is -1.57. The molecule has 0 aromatic heterocycles. The molecule has 0 N–H and O–H groups in total. The van der Waals surface area contributed by atoms with Gasteiger partial charge >= 0.3 is 11.9 Å². The molecular formula is C19H28O11. The molecule has 11 heteroatoms. The van der Waals surface area contributed by atoms with Crippen molar-refractivity contribution in [3.63, 3.8) is 0 Å². The number of carbonyl (C=O) groups excluding carboxylic acids is 2. The van der Waals surface area contributed by atoms with Gasteiger partial charge in [-0.05, 0) is 13.8 Å². The number of cyclic esters (lactones) is 2. The molecule has 4 heterocycles. The topological polar surface area (TPSA) is 117 Å². The van der Waals surface area contributed by atoms with E-state index in [1.165, 1.54) is 13.8 Å². The molecule has 4 saturated heterocycles. The Labute approximate surface area is 174 Å². The Morgan fingerprint density at radius 2 is 1.10 bits per heavy atom. The fraction of sp³-hybridized carbons (Fsp3) is 0.895. The Kier molecular flexibility index (Phi) is 5.81. The van der Waals surface area contributed by atoms with Crippen molar-refractivity contribution in [2.75, 3.05) is 39.6 Å². The summed E-state index contributed by atoms with van der Waals surface area (Å²) in [5, 5.41) is 0. The molecular weight excluding hydrogens is 404 g/mol. The largest absolute Gasteiger partial charge is 0.459 e. The van der Waals surface area contributed by atoms with Crippen LogP contribution < -0.4 is 0 Å². The fourth-order valence-corrected chi connectivity index (χ4v) is 3.88. The highest BCUT2D eigenvalue weighted by Crippen LogP contribution is 2.40. The number of carbonyl (C=O) groups is 2. The molecule has 0 amide bonds. The molecule has 6 atom stereocenters. The van der Waals surface area contributed by atoms with Crippen LogP contribution in [-0.2, 0) is 52.2 Å². The Balaban J connectivity index is 1.57. The van der Waals surface area contributed by atoms with E-state index in [2.05, 4.69) is 0 Å². The van der Waals surface area contributed by atoms with E-state index in [0.717, 1.165) is 0 Å². The molecule has 4 bridgehead atoms. The molecule has 0 aromatic rings. The van der Waals surface area contributed by atoms with Gasteiger partial charge in [0.15, 0.2) is 5.79 Å². The SMILES string of the molecule is CC1(C)OC2C3COC(C)(O3)C(=O)OCCOCCOC(=O)C3(C)OCC(O3)C2O1. The van der Waals surface area contributed by atoms with Crippen LogP contribution in [0.3, 0.4) is 0 Å². The summed E-state index contributed by atoms with van der Waals surface area (Å²) in [6.45, 7) is 6.98. The number of hydrogen-bond acceptors (Lipinski definition) is 11. The van der Waals surface area contributed by atoms with Crippen molar-refractivity contribution in [2.45, 2.75) is 69.5 Å².